The normalized spacial score (nSPS) is 11.6. The van der Waals surface area contributed by atoms with Crippen molar-refractivity contribution in [2.75, 3.05) is 7.05 Å². The summed E-state index contributed by atoms with van der Waals surface area (Å²) in [5.74, 6) is 0.337. The van der Waals surface area contributed by atoms with Crippen molar-refractivity contribution in [2.45, 2.75) is 25.8 Å². The molecular formula is C11H17NO. The number of hydrogen-bond acceptors (Lipinski definition) is 2. The molecule has 1 rings (SSSR count). The van der Waals surface area contributed by atoms with E-state index in [-0.39, 0.29) is 5.54 Å². The second kappa shape index (κ2) is 3.79. The first-order valence-electron chi connectivity index (χ1n) is 4.50. The fraction of sp³-hybridized carbons (Fsp3) is 0.455. The van der Waals surface area contributed by atoms with Crippen LogP contribution in [0.2, 0.25) is 0 Å². The average Bonchev–Trinajstić information content (AvgIpc) is 2.03. The summed E-state index contributed by atoms with van der Waals surface area (Å²) >= 11 is 0. The molecule has 0 bridgehead atoms. The molecule has 0 spiro atoms. The van der Waals surface area contributed by atoms with Gasteiger partial charge in [-0.2, -0.15) is 0 Å². The van der Waals surface area contributed by atoms with E-state index in [4.69, 9.17) is 0 Å². The molecule has 0 saturated heterocycles. The van der Waals surface area contributed by atoms with E-state index in [0.29, 0.717) is 5.75 Å². The summed E-state index contributed by atoms with van der Waals surface area (Å²) in [6, 6.07) is 7.39. The summed E-state index contributed by atoms with van der Waals surface area (Å²) < 4.78 is 0. The van der Waals surface area contributed by atoms with Gasteiger partial charge in [-0.1, -0.05) is 12.1 Å². The van der Waals surface area contributed by atoms with Crippen molar-refractivity contribution >= 4 is 0 Å². The summed E-state index contributed by atoms with van der Waals surface area (Å²) in [4.78, 5) is 0. The molecule has 0 amide bonds. The lowest BCUT2D eigenvalue weighted by atomic mass is 9.95. The number of benzene rings is 1. The first-order valence-corrected chi connectivity index (χ1v) is 4.50. The molecule has 0 radical (unpaired) electrons. The monoisotopic (exact) mass is 179 g/mol. The van der Waals surface area contributed by atoms with Gasteiger partial charge in [-0.05, 0) is 45.0 Å². The standard InChI is InChI=1S/C11H17NO/c1-11(2,12-3)8-9-5-4-6-10(13)7-9/h4-7,12-13H,8H2,1-3H3. The summed E-state index contributed by atoms with van der Waals surface area (Å²) in [7, 11) is 1.95. The Kier molecular flexibility index (Phi) is 2.94. The van der Waals surface area contributed by atoms with Crippen molar-refractivity contribution in [3.05, 3.63) is 29.8 Å². The van der Waals surface area contributed by atoms with Gasteiger partial charge in [0.15, 0.2) is 0 Å². The number of rotatable bonds is 3. The van der Waals surface area contributed by atoms with Crippen molar-refractivity contribution in [2.24, 2.45) is 0 Å². The fourth-order valence-electron chi connectivity index (χ4n) is 1.27. The highest BCUT2D eigenvalue weighted by Crippen LogP contribution is 2.16. The van der Waals surface area contributed by atoms with E-state index in [1.54, 1.807) is 12.1 Å². The third-order valence-corrected chi connectivity index (χ3v) is 2.23. The molecule has 0 aliphatic rings. The van der Waals surface area contributed by atoms with Crippen molar-refractivity contribution in [3.63, 3.8) is 0 Å². The lowest BCUT2D eigenvalue weighted by Crippen LogP contribution is -2.38. The van der Waals surface area contributed by atoms with Crippen LogP contribution >= 0.6 is 0 Å². The van der Waals surface area contributed by atoms with Crippen LogP contribution in [-0.2, 0) is 6.42 Å². The minimum Gasteiger partial charge on any atom is -0.508 e. The maximum Gasteiger partial charge on any atom is 0.115 e. The van der Waals surface area contributed by atoms with Gasteiger partial charge in [0.25, 0.3) is 0 Å². The third-order valence-electron chi connectivity index (χ3n) is 2.23. The van der Waals surface area contributed by atoms with Gasteiger partial charge < -0.3 is 10.4 Å². The van der Waals surface area contributed by atoms with Crippen LogP contribution in [0, 0.1) is 0 Å². The SMILES string of the molecule is CNC(C)(C)Cc1cccc(O)c1. The quantitative estimate of drug-likeness (QED) is 0.743. The zero-order valence-electron chi connectivity index (χ0n) is 8.46. The van der Waals surface area contributed by atoms with Gasteiger partial charge >= 0.3 is 0 Å². The fourth-order valence-corrected chi connectivity index (χ4v) is 1.27. The number of likely N-dealkylation sites (N-methyl/N-ethyl adjacent to an activating group) is 1. The minimum absolute atomic E-state index is 0.0772. The van der Waals surface area contributed by atoms with Crippen LogP contribution in [0.1, 0.15) is 19.4 Å². The van der Waals surface area contributed by atoms with Gasteiger partial charge in [-0.25, -0.2) is 0 Å². The molecule has 1 aromatic rings. The van der Waals surface area contributed by atoms with Crippen molar-refractivity contribution in [1.29, 1.82) is 0 Å². The lowest BCUT2D eigenvalue weighted by molar-refractivity contribution is 0.420. The third kappa shape index (κ3) is 3.07. The molecule has 0 unspecified atom stereocenters. The highest BCUT2D eigenvalue weighted by Gasteiger charge is 2.14. The lowest BCUT2D eigenvalue weighted by Gasteiger charge is -2.23. The van der Waals surface area contributed by atoms with Gasteiger partial charge in [0, 0.05) is 5.54 Å². The van der Waals surface area contributed by atoms with E-state index < -0.39 is 0 Å². The largest absolute Gasteiger partial charge is 0.508 e. The molecule has 72 valence electrons. The predicted molar refractivity (Wildman–Crippen MR) is 54.9 cm³/mol. The minimum atomic E-state index is 0.0772. The van der Waals surface area contributed by atoms with E-state index in [0.717, 1.165) is 12.0 Å². The van der Waals surface area contributed by atoms with Crippen LogP contribution in [0.15, 0.2) is 24.3 Å². The molecule has 0 aromatic heterocycles. The Bertz CT molecular complexity index is 281. The molecule has 0 fully saturated rings. The van der Waals surface area contributed by atoms with Crippen LogP contribution in [-0.4, -0.2) is 17.7 Å². The number of phenolic OH excluding ortho intramolecular Hbond substituents is 1. The number of nitrogens with one attached hydrogen (secondary N) is 1. The maximum atomic E-state index is 9.26. The summed E-state index contributed by atoms with van der Waals surface area (Å²) in [5.41, 5.74) is 1.23. The zero-order valence-corrected chi connectivity index (χ0v) is 8.46. The molecular weight excluding hydrogens is 162 g/mol. The van der Waals surface area contributed by atoms with E-state index in [2.05, 4.69) is 19.2 Å². The van der Waals surface area contributed by atoms with Crippen LogP contribution in [0.25, 0.3) is 0 Å². The van der Waals surface area contributed by atoms with Gasteiger partial charge in [0.1, 0.15) is 5.75 Å². The van der Waals surface area contributed by atoms with Gasteiger partial charge in [-0.3, -0.25) is 0 Å². The summed E-state index contributed by atoms with van der Waals surface area (Å²) in [6.45, 7) is 4.27. The summed E-state index contributed by atoms with van der Waals surface area (Å²) in [5, 5.41) is 12.5. The van der Waals surface area contributed by atoms with Crippen molar-refractivity contribution in [3.8, 4) is 5.75 Å². The van der Waals surface area contributed by atoms with E-state index >= 15 is 0 Å². The van der Waals surface area contributed by atoms with Gasteiger partial charge in [0.05, 0.1) is 0 Å². The van der Waals surface area contributed by atoms with Crippen LogP contribution in [0.5, 0.6) is 5.75 Å². The summed E-state index contributed by atoms with van der Waals surface area (Å²) in [6.07, 6.45) is 0.915. The molecule has 13 heavy (non-hydrogen) atoms. The maximum absolute atomic E-state index is 9.26. The predicted octanol–water partition coefficient (Wildman–Crippen LogP) is 1.93. The second-order valence-corrected chi connectivity index (χ2v) is 3.98. The molecule has 2 N–H and O–H groups in total. The Labute approximate surface area is 79.6 Å². The average molecular weight is 179 g/mol. The van der Waals surface area contributed by atoms with Gasteiger partial charge in [0.2, 0.25) is 0 Å². The highest BCUT2D eigenvalue weighted by molar-refractivity contribution is 5.28. The topological polar surface area (TPSA) is 32.3 Å². The Morgan fingerprint density at radius 3 is 2.62 bits per heavy atom. The molecule has 0 aliphatic carbocycles. The molecule has 1 aromatic carbocycles. The Hall–Kier alpha value is -1.02. The second-order valence-electron chi connectivity index (χ2n) is 3.98. The Balaban J connectivity index is 2.74. The Morgan fingerprint density at radius 1 is 1.38 bits per heavy atom. The van der Waals surface area contributed by atoms with Crippen molar-refractivity contribution < 1.29 is 5.11 Å². The molecule has 2 nitrogen and oxygen atoms in total. The molecule has 0 heterocycles. The first-order chi connectivity index (χ1) is 6.03. The molecule has 0 atom stereocenters. The zero-order chi connectivity index (χ0) is 9.90. The number of aromatic hydroxyl groups is 1. The van der Waals surface area contributed by atoms with Crippen molar-refractivity contribution in [1.82, 2.24) is 5.32 Å². The number of phenols is 1. The van der Waals surface area contributed by atoms with E-state index in [1.807, 2.05) is 19.2 Å². The van der Waals surface area contributed by atoms with Gasteiger partial charge in [-0.15, -0.1) is 0 Å². The molecule has 0 saturated carbocycles. The smallest absolute Gasteiger partial charge is 0.115 e. The van der Waals surface area contributed by atoms with Crippen LogP contribution in [0.4, 0.5) is 0 Å². The molecule has 0 aliphatic heterocycles. The van der Waals surface area contributed by atoms with E-state index in [9.17, 15) is 5.11 Å². The molecule has 2 heteroatoms. The number of hydrogen-bond donors (Lipinski definition) is 2. The van der Waals surface area contributed by atoms with Crippen LogP contribution in [0.3, 0.4) is 0 Å². The Morgan fingerprint density at radius 2 is 2.08 bits per heavy atom. The highest BCUT2D eigenvalue weighted by atomic mass is 16.3. The first kappa shape index (κ1) is 10.1. The van der Waals surface area contributed by atoms with E-state index in [1.165, 1.54) is 0 Å². The van der Waals surface area contributed by atoms with Crippen LogP contribution < -0.4 is 5.32 Å².